The zero-order valence-corrected chi connectivity index (χ0v) is 11.2. The summed E-state index contributed by atoms with van der Waals surface area (Å²) in [6.45, 7) is 6.18. The van der Waals surface area contributed by atoms with Crippen molar-refractivity contribution in [2.24, 2.45) is 4.74 Å². The van der Waals surface area contributed by atoms with Gasteiger partial charge in [-0.05, 0) is 67.2 Å². The Balaban J connectivity index is 4.32. The Morgan fingerprint density at radius 2 is 1.44 bits per heavy atom. The number of hydrogen-bond donors (Lipinski definition) is 0. The molecule has 0 spiro atoms. The van der Waals surface area contributed by atoms with E-state index in [1.807, 2.05) is 0 Å². The summed E-state index contributed by atoms with van der Waals surface area (Å²) in [6, 6.07) is 0. The molecule has 0 aromatic heterocycles. The minimum atomic E-state index is -1.47. The fourth-order valence-corrected chi connectivity index (χ4v) is 5.30. The highest BCUT2D eigenvalue weighted by molar-refractivity contribution is 9.94. The van der Waals surface area contributed by atoms with Gasteiger partial charge in [-0.25, -0.2) is 0 Å². The van der Waals surface area contributed by atoms with Crippen LogP contribution in [0, 0.1) is 0 Å². The summed E-state index contributed by atoms with van der Waals surface area (Å²) in [5, 5.41) is 0. The predicted molar refractivity (Wildman–Crippen MR) is 55.9 cm³/mol. The van der Waals surface area contributed by atoms with E-state index in [1.54, 1.807) is 0 Å². The van der Waals surface area contributed by atoms with E-state index < -0.39 is 3.16 Å². The first-order chi connectivity index (χ1) is 3.71. The van der Waals surface area contributed by atoms with E-state index in [9.17, 15) is 0 Å². The van der Waals surface area contributed by atoms with E-state index in [0.717, 1.165) is 0 Å². The lowest BCUT2D eigenvalue weighted by Gasteiger charge is -2.14. The first kappa shape index (κ1) is 10.7. The largest absolute Gasteiger partial charge is 0.266 e. The minimum Gasteiger partial charge on any atom is -0.266 e. The molecule has 0 heterocycles. The van der Waals surface area contributed by atoms with Crippen LogP contribution in [-0.4, -0.2) is 5.54 Å². The molecule has 0 N–H and O–H groups in total. The highest BCUT2D eigenvalue weighted by Crippen LogP contribution is 2.72. The molecule has 0 unspecified atom stereocenters. The molecular weight excluding hydrogens is 333 g/mol. The van der Waals surface area contributed by atoms with Gasteiger partial charge in [0.05, 0.1) is 5.54 Å². The molecule has 56 valence electrons. The molecule has 0 saturated carbocycles. The normalized spacial score (nSPS) is 13.6. The third-order valence-electron chi connectivity index (χ3n) is 0.413. The van der Waals surface area contributed by atoms with Crippen LogP contribution in [0.1, 0.15) is 20.8 Å². The molecule has 0 radical (unpaired) electrons. The van der Waals surface area contributed by atoms with Gasteiger partial charge in [0.25, 0.3) is 0 Å². The molecule has 0 saturated heterocycles. The molecular formula is C4H9Br3NP. The quantitative estimate of drug-likeness (QED) is 0.555. The van der Waals surface area contributed by atoms with Gasteiger partial charge in [0, 0.05) is 0 Å². The first-order valence-electron chi connectivity index (χ1n) is 2.43. The van der Waals surface area contributed by atoms with E-state index >= 15 is 0 Å². The Hall–Kier alpha value is 1.67. The molecule has 0 atom stereocenters. The van der Waals surface area contributed by atoms with Crippen molar-refractivity contribution in [1.82, 2.24) is 0 Å². The van der Waals surface area contributed by atoms with Gasteiger partial charge < -0.3 is 0 Å². The number of nitrogens with zero attached hydrogens (tertiary/aromatic N) is 1. The molecule has 0 amide bonds. The van der Waals surface area contributed by atoms with Crippen LogP contribution in [0.4, 0.5) is 0 Å². The molecule has 0 bridgehead atoms. The van der Waals surface area contributed by atoms with E-state index in [1.165, 1.54) is 0 Å². The molecule has 9 heavy (non-hydrogen) atoms. The maximum Gasteiger partial charge on any atom is 0.155 e. The Morgan fingerprint density at radius 3 is 1.44 bits per heavy atom. The SMILES string of the molecule is CC(C)(C)N=P(Br)(Br)Br. The van der Waals surface area contributed by atoms with Crippen molar-refractivity contribution in [3.63, 3.8) is 0 Å². The van der Waals surface area contributed by atoms with Crippen molar-refractivity contribution in [2.75, 3.05) is 0 Å². The Bertz CT molecular complexity index is 134. The summed E-state index contributed by atoms with van der Waals surface area (Å²) in [7, 11) is 0. The van der Waals surface area contributed by atoms with Crippen LogP contribution >= 0.6 is 49.6 Å². The van der Waals surface area contributed by atoms with Gasteiger partial charge in [-0.3, -0.25) is 4.74 Å². The van der Waals surface area contributed by atoms with E-state index in [2.05, 4.69) is 72.0 Å². The third kappa shape index (κ3) is 9.67. The summed E-state index contributed by atoms with van der Waals surface area (Å²) in [6.07, 6.45) is 0. The minimum absolute atomic E-state index is 0.0181. The van der Waals surface area contributed by atoms with Gasteiger partial charge in [0.2, 0.25) is 0 Å². The highest BCUT2D eigenvalue weighted by Gasteiger charge is 2.12. The van der Waals surface area contributed by atoms with Crippen molar-refractivity contribution in [3.05, 3.63) is 0 Å². The van der Waals surface area contributed by atoms with Crippen molar-refractivity contribution in [2.45, 2.75) is 26.3 Å². The van der Waals surface area contributed by atoms with Gasteiger partial charge in [0.1, 0.15) is 0 Å². The second kappa shape index (κ2) is 3.38. The molecule has 0 aliphatic rings. The predicted octanol–water partition coefficient (Wildman–Crippen LogP) is 4.92. The smallest absolute Gasteiger partial charge is 0.155 e. The first-order valence-corrected chi connectivity index (χ1v) is 10.2. The van der Waals surface area contributed by atoms with Crippen LogP contribution < -0.4 is 0 Å². The summed E-state index contributed by atoms with van der Waals surface area (Å²) in [5.41, 5.74) is 0.0181. The molecule has 0 aliphatic carbocycles. The van der Waals surface area contributed by atoms with Gasteiger partial charge in [-0.2, -0.15) is 0 Å². The van der Waals surface area contributed by atoms with Crippen LogP contribution in [-0.2, 0) is 0 Å². The summed E-state index contributed by atoms with van der Waals surface area (Å²) in [4.78, 5) is 0. The average Bonchev–Trinajstić information content (AvgIpc) is 1.14. The second-order valence-corrected chi connectivity index (χ2v) is 21.5. The highest BCUT2D eigenvalue weighted by atomic mass is 80.0. The van der Waals surface area contributed by atoms with Gasteiger partial charge in [-0.15, -0.1) is 0 Å². The van der Waals surface area contributed by atoms with Crippen molar-refractivity contribution in [3.8, 4) is 0 Å². The lowest BCUT2D eigenvalue weighted by atomic mass is 10.1. The molecule has 0 rings (SSSR count). The van der Waals surface area contributed by atoms with Crippen LogP contribution in [0.5, 0.6) is 0 Å². The maximum atomic E-state index is 4.40. The summed E-state index contributed by atoms with van der Waals surface area (Å²) in [5.74, 6) is 0. The maximum absolute atomic E-state index is 4.40. The van der Waals surface area contributed by atoms with Crippen LogP contribution in [0.25, 0.3) is 0 Å². The van der Waals surface area contributed by atoms with Gasteiger partial charge >= 0.3 is 0 Å². The number of hydrogen-bond acceptors (Lipinski definition) is 1. The van der Waals surface area contributed by atoms with Crippen molar-refractivity contribution >= 4 is 49.6 Å². The lowest BCUT2D eigenvalue weighted by Crippen LogP contribution is -2.06. The van der Waals surface area contributed by atoms with Crippen LogP contribution in [0.2, 0.25) is 0 Å². The van der Waals surface area contributed by atoms with Gasteiger partial charge in [0.15, 0.2) is 3.16 Å². The lowest BCUT2D eigenvalue weighted by molar-refractivity contribution is 0.593. The fourth-order valence-electron chi connectivity index (χ4n) is 0.340. The summed E-state index contributed by atoms with van der Waals surface area (Å²) >= 11 is 10.2. The molecule has 1 nitrogen and oxygen atoms in total. The zero-order chi connectivity index (χ0) is 7.71. The molecule has 5 heteroatoms. The third-order valence-corrected chi connectivity index (χ3v) is 2.67. The van der Waals surface area contributed by atoms with Crippen molar-refractivity contribution in [1.29, 1.82) is 0 Å². The number of rotatable bonds is 0. The Labute approximate surface area is 80.3 Å². The molecule has 0 fully saturated rings. The molecule has 0 aromatic rings. The summed E-state index contributed by atoms with van der Waals surface area (Å²) < 4.78 is 2.93. The van der Waals surface area contributed by atoms with Crippen molar-refractivity contribution < 1.29 is 0 Å². The average molecular weight is 342 g/mol. The Kier molecular flexibility index (Phi) is 4.00. The zero-order valence-electron chi connectivity index (χ0n) is 5.53. The Morgan fingerprint density at radius 1 is 1.11 bits per heavy atom. The molecule has 0 aliphatic heterocycles. The number of halogens is 3. The van der Waals surface area contributed by atoms with Crippen LogP contribution in [0.15, 0.2) is 4.74 Å². The second-order valence-electron chi connectivity index (χ2n) is 2.69. The van der Waals surface area contributed by atoms with E-state index in [-0.39, 0.29) is 5.54 Å². The molecule has 0 aromatic carbocycles. The van der Waals surface area contributed by atoms with E-state index in [0.29, 0.717) is 0 Å². The standard InChI is InChI=1S/C4H9Br3NP/c1-4(2,3)8-9(5,6)7/h1-3H3. The van der Waals surface area contributed by atoms with Gasteiger partial charge in [-0.1, -0.05) is 0 Å². The topological polar surface area (TPSA) is 12.4 Å². The monoisotopic (exact) mass is 339 g/mol. The van der Waals surface area contributed by atoms with Crippen LogP contribution in [0.3, 0.4) is 0 Å². The fraction of sp³-hybridized carbons (Fsp3) is 1.00. The van der Waals surface area contributed by atoms with E-state index in [4.69, 9.17) is 0 Å².